The third kappa shape index (κ3) is 2.85. The molecule has 2 bridgehead atoms. The first-order chi connectivity index (χ1) is 10.0. The summed E-state index contributed by atoms with van der Waals surface area (Å²) in [6, 6.07) is 4.71. The fourth-order valence-corrected chi connectivity index (χ4v) is 2.92. The first-order valence-corrected chi connectivity index (χ1v) is 7.08. The molecule has 2 unspecified atom stereocenters. The van der Waals surface area contributed by atoms with Gasteiger partial charge in [0.1, 0.15) is 0 Å². The summed E-state index contributed by atoms with van der Waals surface area (Å²) in [6.07, 6.45) is 2.21. The van der Waals surface area contributed by atoms with Crippen molar-refractivity contribution >= 4 is 17.7 Å². The average Bonchev–Trinajstić information content (AvgIpc) is 2.79. The van der Waals surface area contributed by atoms with Crippen LogP contribution in [0.4, 0.5) is 10.5 Å². The first-order valence-electron chi connectivity index (χ1n) is 7.08. The van der Waals surface area contributed by atoms with Crippen molar-refractivity contribution in [3.05, 3.63) is 29.3 Å². The van der Waals surface area contributed by atoms with Gasteiger partial charge in [0, 0.05) is 13.1 Å². The number of carbonyl (C=O) groups is 2. The van der Waals surface area contributed by atoms with Gasteiger partial charge in [-0.25, -0.2) is 9.59 Å². The number of nitrogens with zero attached hydrogens (tertiary/aromatic N) is 1. The van der Waals surface area contributed by atoms with Crippen LogP contribution in [0.15, 0.2) is 18.2 Å². The maximum absolute atomic E-state index is 12.3. The van der Waals surface area contributed by atoms with Crippen molar-refractivity contribution in [1.82, 2.24) is 4.90 Å². The molecule has 2 fully saturated rings. The topological polar surface area (TPSA) is 78.9 Å². The van der Waals surface area contributed by atoms with Crippen LogP contribution < -0.4 is 5.32 Å². The molecule has 2 atom stereocenters. The van der Waals surface area contributed by atoms with E-state index in [1.807, 2.05) is 6.92 Å². The average molecular weight is 290 g/mol. The molecule has 0 aliphatic carbocycles. The van der Waals surface area contributed by atoms with E-state index in [1.54, 1.807) is 23.1 Å². The van der Waals surface area contributed by atoms with E-state index in [0.29, 0.717) is 18.8 Å². The Labute approximate surface area is 122 Å². The Kier molecular flexibility index (Phi) is 3.55. The Morgan fingerprint density at radius 1 is 1.29 bits per heavy atom. The maximum atomic E-state index is 12.3. The maximum Gasteiger partial charge on any atom is 0.337 e. The van der Waals surface area contributed by atoms with Gasteiger partial charge in [-0.1, -0.05) is 11.6 Å². The number of ether oxygens (including phenoxy) is 1. The van der Waals surface area contributed by atoms with Crippen molar-refractivity contribution < 1.29 is 19.4 Å². The van der Waals surface area contributed by atoms with Gasteiger partial charge in [-0.3, -0.25) is 0 Å². The van der Waals surface area contributed by atoms with Gasteiger partial charge >= 0.3 is 12.0 Å². The number of urea groups is 1. The van der Waals surface area contributed by atoms with E-state index >= 15 is 0 Å². The molecule has 2 saturated heterocycles. The number of likely N-dealkylation sites (tertiary alicyclic amines) is 1. The predicted molar refractivity (Wildman–Crippen MR) is 76.6 cm³/mol. The van der Waals surface area contributed by atoms with Crippen LogP contribution in [0.1, 0.15) is 28.8 Å². The zero-order valence-electron chi connectivity index (χ0n) is 11.8. The monoisotopic (exact) mass is 290 g/mol. The fourth-order valence-electron chi connectivity index (χ4n) is 2.92. The number of anilines is 1. The normalized spacial score (nSPS) is 24.0. The minimum Gasteiger partial charge on any atom is -0.478 e. The number of benzene rings is 1. The molecule has 1 aromatic rings. The molecule has 2 heterocycles. The Morgan fingerprint density at radius 3 is 2.57 bits per heavy atom. The van der Waals surface area contributed by atoms with Gasteiger partial charge in [0.05, 0.1) is 23.5 Å². The molecule has 6 nitrogen and oxygen atoms in total. The van der Waals surface area contributed by atoms with Crippen molar-refractivity contribution in [1.29, 1.82) is 0 Å². The van der Waals surface area contributed by atoms with Crippen molar-refractivity contribution in [2.75, 3.05) is 18.4 Å². The fraction of sp³-hybridized carbons (Fsp3) is 0.467. The Morgan fingerprint density at radius 2 is 1.95 bits per heavy atom. The van der Waals surface area contributed by atoms with E-state index in [0.717, 1.165) is 18.4 Å². The molecule has 2 aliphatic heterocycles. The van der Waals surface area contributed by atoms with E-state index in [2.05, 4.69) is 5.32 Å². The molecule has 0 radical (unpaired) electrons. The van der Waals surface area contributed by atoms with Crippen molar-refractivity contribution in [3.8, 4) is 0 Å². The third-order valence-electron chi connectivity index (χ3n) is 3.98. The van der Waals surface area contributed by atoms with Gasteiger partial charge < -0.3 is 20.1 Å². The first kappa shape index (κ1) is 13.9. The molecule has 2 N–H and O–H groups in total. The van der Waals surface area contributed by atoms with Crippen LogP contribution in [0.3, 0.4) is 0 Å². The summed E-state index contributed by atoms with van der Waals surface area (Å²) in [5.74, 6) is -1.05. The second-order valence-corrected chi connectivity index (χ2v) is 5.65. The van der Waals surface area contributed by atoms with Crippen LogP contribution in [-0.2, 0) is 4.74 Å². The Hall–Kier alpha value is -2.08. The standard InChI is InChI=1S/C15H18N2O4/c1-9-2-5-13(12(6-9)14(18)19)16-15(20)17-7-10-3-4-11(8-17)21-10/h2,5-6,10-11H,3-4,7-8H2,1H3,(H,16,20)(H,18,19). The lowest BCUT2D eigenvalue weighted by Crippen LogP contribution is -2.47. The van der Waals surface area contributed by atoms with E-state index < -0.39 is 5.97 Å². The molecule has 0 aromatic heterocycles. The summed E-state index contributed by atoms with van der Waals surface area (Å²) in [5.41, 5.74) is 1.28. The Balaban J connectivity index is 1.74. The zero-order valence-corrected chi connectivity index (χ0v) is 11.8. The number of carbonyl (C=O) groups excluding carboxylic acids is 1. The van der Waals surface area contributed by atoms with E-state index in [1.165, 1.54) is 0 Å². The zero-order chi connectivity index (χ0) is 15.0. The third-order valence-corrected chi connectivity index (χ3v) is 3.98. The van der Waals surface area contributed by atoms with Crippen molar-refractivity contribution in [2.45, 2.75) is 32.0 Å². The highest BCUT2D eigenvalue weighted by molar-refractivity contribution is 6.00. The Bertz CT molecular complexity index is 575. The van der Waals surface area contributed by atoms with E-state index in [9.17, 15) is 14.7 Å². The van der Waals surface area contributed by atoms with Crippen molar-refractivity contribution in [2.24, 2.45) is 0 Å². The highest BCUT2D eigenvalue weighted by Crippen LogP contribution is 2.27. The highest BCUT2D eigenvalue weighted by atomic mass is 16.5. The quantitative estimate of drug-likeness (QED) is 0.874. The SMILES string of the molecule is Cc1ccc(NC(=O)N2CC3CCC(C2)O3)c(C(=O)O)c1. The number of amides is 2. The molecule has 3 rings (SSSR count). The lowest BCUT2D eigenvalue weighted by molar-refractivity contribution is -0.0219. The highest BCUT2D eigenvalue weighted by Gasteiger charge is 2.35. The summed E-state index contributed by atoms with van der Waals surface area (Å²) in [5, 5.41) is 11.9. The van der Waals surface area contributed by atoms with Crippen molar-refractivity contribution in [3.63, 3.8) is 0 Å². The second kappa shape index (κ2) is 5.37. The van der Waals surface area contributed by atoms with Crippen LogP contribution in [0.25, 0.3) is 0 Å². The number of carboxylic acids is 1. The number of hydrogen-bond acceptors (Lipinski definition) is 3. The number of hydrogen-bond donors (Lipinski definition) is 2. The number of aryl methyl sites for hydroxylation is 1. The smallest absolute Gasteiger partial charge is 0.337 e. The van der Waals surface area contributed by atoms with Gasteiger partial charge in [-0.05, 0) is 31.9 Å². The number of fused-ring (bicyclic) bond motifs is 2. The number of carboxylic acid groups (broad SMARTS) is 1. The lowest BCUT2D eigenvalue weighted by Gasteiger charge is -2.32. The van der Waals surface area contributed by atoms with Crippen LogP contribution in [0, 0.1) is 6.92 Å². The van der Waals surface area contributed by atoms with E-state index in [4.69, 9.17) is 4.74 Å². The molecule has 0 saturated carbocycles. The number of rotatable bonds is 2. The summed E-state index contributed by atoms with van der Waals surface area (Å²) >= 11 is 0. The van der Waals surface area contributed by atoms with Crippen LogP contribution in [-0.4, -0.2) is 47.3 Å². The molecule has 1 aromatic carbocycles. The summed E-state index contributed by atoms with van der Waals surface area (Å²) in [4.78, 5) is 25.3. The van der Waals surface area contributed by atoms with Gasteiger partial charge in [-0.2, -0.15) is 0 Å². The molecule has 6 heteroatoms. The van der Waals surface area contributed by atoms with Gasteiger partial charge in [0.2, 0.25) is 0 Å². The molecule has 112 valence electrons. The number of aromatic carboxylic acids is 1. The summed E-state index contributed by atoms with van der Waals surface area (Å²) in [6.45, 7) is 2.95. The van der Waals surface area contributed by atoms with Gasteiger partial charge in [0.25, 0.3) is 0 Å². The molecular weight excluding hydrogens is 272 g/mol. The molecule has 0 spiro atoms. The number of morpholine rings is 1. The van der Waals surface area contributed by atoms with Crippen LogP contribution in [0.5, 0.6) is 0 Å². The van der Waals surface area contributed by atoms with Crippen LogP contribution in [0.2, 0.25) is 0 Å². The minimum absolute atomic E-state index is 0.111. The van der Waals surface area contributed by atoms with Crippen LogP contribution >= 0.6 is 0 Å². The molecular formula is C15H18N2O4. The minimum atomic E-state index is -1.05. The van der Waals surface area contributed by atoms with E-state index in [-0.39, 0.29) is 23.8 Å². The number of nitrogens with one attached hydrogen (secondary N) is 1. The molecule has 2 aliphatic rings. The summed E-state index contributed by atoms with van der Waals surface area (Å²) < 4.78 is 5.69. The molecule has 21 heavy (non-hydrogen) atoms. The largest absolute Gasteiger partial charge is 0.478 e. The van der Waals surface area contributed by atoms with Gasteiger partial charge in [-0.15, -0.1) is 0 Å². The molecule has 2 amide bonds. The van der Waals surface area contributed by atoms with Gasteiger partial charge in [0.15, 0.2) is 0 Å². The predicted octanol–water partition coefficient (Wildman–Crippen LogP) is 2.09. The second-order valence-electron chi connectivity index (χ2n) is 5.65. The summed E-state index contributed by atoms with van der Waals surface area (Å²) in [7, 11) is 0. The lowest BCUT2D eigenvalue weighted by atomic mass is 10.1.